The highest BCUT2D eigenvalue weighted by molar-refractivity contribution is 5.85. The molecule has 0 radical (unpaired) electrons. The van der Waals surface area contributed by atoms with Crippen molar-refractivity contribution in [1.29, 1.82) is 0 Å². The number of hydrogen-bond acceptors (Lipinski definition) is 4. The van der Waals surface area contributed by atoms with E-state index in [0.29, 0.717) is 48.2 Å². The van der Waals surface area contributed by atoms with Gasteiger partial charge in [0.15, 0.2) is 0 Å². The molecule has 5 aliphatic carbocycles. The molecule has 0 spiro atoms. The highest BCUT2D eigenvalue weighted by atomic mass is 35.5. The largest absolute Gasteiger partial charge is 0.469 e. The van der Waals surface area contributed by atoms with Gasteiger partial charge in [-0.05, 0) is 145 Å². The number of ether oxygens (including phenoxy) is 1. The number of fused-ring (bicyclic) bond motifs is 7. The third-order valence-electron chi connectivity index (χ3n) is 15.8. The third-order valence-corrected chi connectivity index (χ3v) is 15.8. The highest BCUT2D eigenvalue weighted by Crippen LogP contribution is 2.78. The van der Waals surface area contributed by atoms with E-state index in [9.17, 15) is 9.90 Å². The lowest BCUT2D eigenvalue weighted by Crippen LogP contribution is -2.68. The van der Waals surface area contributed by atoms with Crippen LogP contribution in [0.4, 0.5) is 0 Å². The smallest absolute Gasteiger partial charge is 0.312 e. The molecule has 0 bridgehead atoms. The number of aliphatic hydroxyl groups is 1. The van der Waals surface area contributed by atoms with Crippen LogP contribution >= 0.6 is 12.4 Å². The van der Waals surface area contributed by atoms with Gasteiger partial charge >= 0.3 is 5.97 Å². The summed E-state index contributed by atoms with van der Waals surface area (Å²) >= 11 is 0. The zero-order chi connectivity index (χ0) is 32.7. The van der Waals surface area contributed by atoms with Crippen LogP contribution in [0.15, 0.2) is 12.2 Å². The number of carbonyl (C=O) groups excluding carboxylic acids is 1. The van der Waals surface area contributed by atoms with Crippen LogP contribution in [-0.4, -0.2) is 47.3 Å². The minimum Gasteiger partial charge on any atom is -0.469 e. The molecule has 5 aliphatic rings. The Labute approximate surface area is 282 Å². The summed E-state index contributed by atoms with van der Waals surface area (Å²) in [5.41, 5.74) is 0.227. The second kappa shape index (κ2) is 12.1. The van der Waals surface area contributed by atoms with Crippen LogP contribution in [-0.2, 0) is 9.53 Å². The number of methoxy groups -OCH3 is 1. The number of hydrogen-bond donors (Lipinski definition) is 1. The number of rotatable bonds is 5. The van der Waals surface area contributed by atoms with Gasteiger partial charge in [-0.25, -0.2) is 0 Å². The van der Waals surface area contributed by atoms with E-state index in [0.717, 1.165) is 44.9 Å². The van der Waals surface area contributed by atoms with Gasteiger partial charge in [0, 0.05) is 17.5 Å². The first-order valence-corrected chi connectivity index (χ1v) is 18.1. The lowest BCUT2D eigenvalue weighted by molar-refractivity contribution is -0.256. The minimum atomic E-state index is -0.963. The average molecular weight is 644 g/mol. The van der Waals surface area contributed by atoms with Crippen LogP contribution in [0.5, 0.6) is 0 Å². The fraction of sp³-hybridized carbons (Fsp3) is 0.875. The normalized spacial score (nSPS) is 44.9. The second-order valence-electron chi connectivity index (χ2n) is 18.1. The van der Waals surface area contributed by atoms with Crippen molar-refractivity contribution in [3.63, 3.8) is 0 Å². The molecule has 5 heteroatoms. The van der Waals surface area contributed by atoms with Crippen molar-refractivity contribution >= 4 is 18.4 Å². The number of esters is 1. The zero-order valence-electron chi connectivity index (χ0n) is 30.6. The summed E-state index contributed by atoms with van der Waals surface area (Å²) in [7, 11) is 1.59. The second-order valence-corrected chi connectivity index (χ2v) is 18.1. The van der Waals surface area contributed by atoms with Crippen molar-refractivity contribution in [3.05, 3.63) is 12.2 Å². The SMILES string of the molecule is C=C(C)[C@@H]1CC[C@]2(C(=O)OC)CC[C@]3(C)[C@H](CC[C@@H]4[C@@]5(C)CC[C@@](O)(C#CCN(C(C)C)C(C)C)C(C)(C)[C@@H]5CC[C@]43C)[C@@H]12.Cl. The number of halogens is 1. The Morgan fingerprint density at radius 1 is 0.889 bits per heavy atom. The predicted molar refractivity (Wildman–Crippen MR) is 188 cm³/mol. The van der Waals surface area contributed by atoms with Crippen molar-refractivity contribution < 1.29 is 14.6 Å². The number of carbonyl (C=O) groups is 1. The predicted octanol–water partition coefficient (Wildman–Crippen LogP) is 9.09. The van der Waals surface area contributed by atoms with Gasteiger partial charge in [0.1, 0.15) is 5.60 Å². The van der Waals surface area contributed by atoms with Crippen molar-refractivity contribution in [2.24, 2.45) is 56.7 Å². The van der Waals surface area contributed by atoms with Gasteiger partial charge in [-0.3, -0.25) is 9.69 Å². The van der Waals surface area contributed by atoms with Gasteiger partial charge in [0.25, 0.3) is 0 Å². The van der Waals surface area contributed by atoms with Gasteiger partial charge in [-0.1, -0.05) is 58.6 Å². The van der Waals surface area contributed by atoms with Gasteiger partial charge in [0.05, 0.1) is 19.1 Å². The summed E-state index contributed by atoms with van der Waals surface area (Å²) in [6.07, 6.45) is 10.6. The number of nitrogens with zero attached hydrogens (tertiary/aromatic N) is 1. The quantitative estimate of drug-likeness (QED) is 0.184. The fourth-order valence-corrected chi connectivity index (χ4v) is 13.1. The Balaban J connectivity index is 0.00000461. The molecule has 0 amide bonds. The molecule has 5 fully saturated rings. The Morgan fingerprint density at radius 3 is 2.11 bits per heavy atom. The molecule has 45 heavy (non-hydrogen) atoms. The van der Waals surface area contributed by atoms with Crippen molar-refractivity contribution in [2.75, 3.05) is 13.7 Å². The summed E-state index contributed by atoms with van der Waals surface area (Å²) in [5.74, 6) is 9.30. The average Bonchev–Trinajstić information content (AvgIpc) is 3.34. The summed E-state index contributed by atoms with van der Waals surface area (Å²) in [6, 6.07) is 0.864. The Kier molecular flexibility index (Phi) is 9.93. The summed E-state index contributed by atoms with van der Waals surface area (Å²) < 4.78 is 5.55. The summed E-state index contributed by atoms with van der Waals surface area (Å²) in [6.45, 7) is 28.8. The standard InChI is InChI=1S/C40H65NO3.ClH/c1-26(2)29-16-20-39(34(42)44-12)23-22-37(10)30(33(29)39)14-15-32-36(9)21-24-40(43,18-13-25-41(27(3)4)28(5)6)35(7,8)31(36)17-19-38(32,37)11;/h27-33,43H,1,14-17,19-25H2,2-12H3;1H/t29-,30+,31-,32+,33+,36-,37+,38+,39-,40-;/m0./s1. The van der Waals surface area contributed by atoms with E-state index in [1.165, 1.54) is 24.8 Å². The first-order chi connectivity index (χ1) is 20.4. The molecule has 1 N–H and O–H groups in total. The molecule has 0 aliphatic heterocycles. The molecule has 5 saturated carbocycles. The lowest BCUT2D eigenvalue weighted by Gasteiger charge is -2.73. The van der Waals surface area contributed by atoms with E-state index in [-0.39, 0.29) is 45.5 Å². The molecular weight excluding hydrogens is 578 g/mol. The minimum absolute atomic E-state index is 0. The molecule has 256 valence electrons. The van der Waals surface area contributed by atoms with Gasteiger partial charge < -0.3 is 9.84 Å². The molecule has 4 nitrogen and oxygen atoms in total. The molecule has 0 saturated heterocycles. The maximum absolute atomic E-state index is 13.5. The maximum Gasteiger partial charge on any atom is 0.312 e. The van der Waals surface area contributed by atoms with Crippen LogP contribution < -0.4 is 0 Å². The third kappa shape index (κ3) is 5.10. The van der Waals surface area contributed by atoms with E-state index in [2.05, 4.69) is 92.6 Å². The summed E-state index contributed by atoms with van der Waals surface area (Å²) in [4.78, 5) is 15.9. The Morgan fingerprint density at radius 2 is 1.53 bits per heavy atom. The zero-order valence-corrected chi connectivity index (χ0v) is 31.5. The first-order valence-electron chi connectivity index (χ1n) is 18.1. The van der Waals surface area contributed by atoms with E-state index in [1.54, 1.807) is 7.11 Å². The van der Waals surface area contributed by atoms with E-state index in [1.807, 2.05) is 0 Å². The highest BCUT2D eigenvalue weighted by Gasteiger charge is 2.73. The molecule has 0 unspecified atom stereocenters. The van der Waals surface area contributed by atoms with Crippen LogP contribution in [0, 0.1) is 68.5 Å². The van der Waals surface area contributed by atoms with E-state index in [4.69, 9.17) is 4.74 Å². The lowest BCUT2D eigenvalue weighted by atomic mass is 9.31. The van der Waals surface area contributed by atoms with E-state index < -0.39 is 5.60 Å². The molecule has 5 rings (SSSR count). The van der Waals surface area contributed by atoms with Crippen LogP contribution in [0.1, 0.15) is 133 Å². The van der Waals surface area contributed by atoms with Crippen LogP contribution in [0.25, 0.3) is 0 Å². The van der Waals surface area contributed by atoms with E-state index >= 15 is 0 Å². The van der Waals surface area contributed by atoms with Crippen LogP contribution in [0.2, 0.25) is 0 Å². The molecule has 10 atom stereocenters. The fourth-order valence-electron chi connectivity index (χ4n) is 13.1. The monoisotopic (exact) mass is 643 g/mol. The van der Waals surface area contributed by atoms with Crippen molar-refractivity contribution in [1.82, 2.24) is 4.90 Å². The maximum atomic E-state index is 13.5. The molecule has 0 heterocycles. The topological polar surface area (TPSA) is 49.8 Å². The molecular formula is C40H66ClNO3. The molecule has 0 aromatic heterocycles. The Bertz CT molecular complexity index is 1210. The van der Waals surface area contributed by atoms with Gasteiger partial charge in [-0.2, -0.15) is 0 Å². The first kappa shape index (κ1) is 36.8. The van der Waals surface area contributed by atoms with Gasteiger partial charge in [0.2, 0.25) is 0 Å². The van der Waals surface area contributed by atoms with Crippen molar-refractivity contribution in [3.8, 4) is 11.8 Å². The van der Waals surface area contributed by atoms with Gasteiger partial charge in [-0.15, -0.1) is 12.4 Å². The van der Waals surface area contributed by atoms with Crippen molar-refractivity contribution in [2.45, 2.75) is 151 Å². The molecule has 0 aromatic rings. The number of allylic oxidation sites excluding steroid dienone is 1. The summed E-state index contributed by atoms with van der Waals surface area (Å²) in [5, 5.41) is 12.3. The Hall–Kier alpha value is -1.02. The van der Waals surface area contributed by atoms with Crippen LogP contribution in [0.3, 0.4) is 0 Å². The molecule has 0 aromatic carbocycles.